The molecule has 268 valence electrons. The minimum absolute atomic E-state index is 0.174. The van der Waals surface area contributed by atoms with Crippen molar-refractivity contribution in [2.45, 2.75) is 31.7 Å². The van der Waals surface area contributed by atoms with Gasteiger partial charge in [0.15, 0.2) is 0 Å². The van der Waals surface area contributed by atoms with Gasteiger partial charge in [-0.2, -0.15) is 0 Å². The van der Waals surface area contributed by atoms with Gasteiger partial charge in [0, 0.05) is 16.8 Å². The van der Waals surface area contributed by atoms with Gasteiger partial charge in [-0.1, -0.05) is 196 Å². The minimum atomic E-state index is -0.200. The third-order valence-corrected chi connectivity index (χ3v) is 12.0. The molecule has 2 aliphatic carbocycles. The highest BCUT2D eigenvalue weighted by Gasteiger charge is 2.36. The molecule has 0 saturated carbocycles. The Morgan fingerprint density at radius 2 is 1.02 bits per heavy atom. The van der Waals surface area contributed by atoms with E-state index < -0.39 is 0 Å². The molecule has 8 aromatic rings. The minimum Gasteiger partial charge on any atom is -0.334 e. The Morgan fingerprint density at radius 3 is 1.66 bits per heavy atom. The predicted octanol–water partition coefficient (Wildman–Crippen LogP) is 14.7. The van der Waals surface area contributed by atoms with Gasteiger partial charge in [0.25, 0.3) is 0 Å². The molecule has 1 nitrogen and oxygen atoms in total. The zero-order valence-corrected chi connectivity index (χ0v) is 31.9. The molecular formula is C55H43N. The number of benzene rings is 8. The van der Waals surface area contributed by atoms with Crippen LogP contribution in [0.5, 0.6) is 0 Å². The van der Waals surface area contributed by atoms with Crippen LogP contribution in [0.15, 0.2) is 206 Å². The van der Waals surface area contributed by atoms with Crippen LogP contribution in [0.4, 0.5) is 11.4 Å². The molecule has 0 aromatic heterocycles. The number of fused-ring (bicyclic) bond motifs is 2. The first kappa shape index (κ1) is 33.8. The van der Waals surface area contributed by atoms with Crippen LogP contribution in [0, 0.1) is 0 Å². The maximum absolute atomic E-state index is 2.50. The summed E-state index contributed by atoms with van der Waals surface area (Å²) in [6, 6.07) is 69.1. The summed E-state index contributed by atoms with van der Waals surface area (Å²) in [6.45, 7) is 4.81. The monoisotopic (exact) mass is 717 g/mol. The molecule has 0 radical (unpaired) electrons. The normalized spacial score (nSPS) is 15.2. The van der Waals surface area contributed by atoms with Crippen molar-refractivity contribution < 1.29 is 0 Å². The van der Waals surface area contributed by atoms with E-state index in [1.165, 1.54) is 88.9 Å². The molecule has 0 heterocycles. The Balaban J connectivity index is 1.07. The zero-order valence-electron chi connectivity index (χ0n) is 31.9. The van der Waals surface area contributed by atoms with E-state index in [9.17, 15) is 0 Å². The van der Waals surface area contributed by atoms with Gasteiger partial charge in [-0.05, 0) is 108 Å². The van der Waals surface area contributed by atoms with Crippen molar-refractivity contribution >= 4 is 27.7 Å². The first-order chi connectivity index (χ1) is 27.5. The quantitative estimate of drug-likeness (QED) is 0.159. The van der Waals surface area contributed by atoms with Crippen LogP contribution in [0.2, 0.25) is 0 Å². The van der Waals surface area contributed by atoms with Crippen LogP contribution < -0.4 is 4.90 Å². The largest absolute Gasteiger partial charge is 0.334 e. The fourth-order valence-corrected chi connectivity index (χ4v) is 9.27. The van der Waals surface area contributed by atoms with Crippen molar-refractivity contribution in [1.82, 2.24) is 0 Å². The summed E-state index contributed by atoms with van der Waals surface area (Å²) < 4.78 is 0. The summed E-state index contributed by atoms with van der Waals surface area (Å²) in [7, 11) is 0. The van der Waals surface area contributed by atoms with Crippen molar-refractivity contribution in [2.75, 3.05) is 4.90 Å². The molecule has 0 N–H and O–H groups in total. The third-order valence-electron chi connectivity index (χ3n) is 12.0. The van der Waals surface area contributed by atoms with Crippen molar-refractivity contribution in [3.8, 4) is 44.5 Å². The van der Waals surface area contributed by atoms with Gasteiger partial charge < -0.3 is 4.90 Å². The lowest BCUT2D eigenvalue weighted by Crippen LogP contribution is -2.30. The van der Waals surface area contributed by atoms with Gasteiger partial charge in [0.05, 0.1) is 6.04 Å². The Kier molecular flexibility index (Phi) is 8.37. The molecule has 8 aromatic carbocycles. The number of hydrogen-bond acceptors (Lipinski definition) is 1. The Hall–Kier alpha value is -6.70. The molecule has 0 saturated heterocycles. The van der Waals surface area contributed by atoms with E-state index in [-0.39, 0.29) is 11.5 Å². The Morgan fingerprint density at radius 1 is 0.464 bits per heavy atom. The van der Waals surface area contributed by atoms with Crippen molar-refractivity contribution in [3.63, 3.8) is 0 Å². The van der Waals surface area contributed by atoms with Crippen LogP contribution in [0.3, 0.4) is 0 Å². The van der Waals surface area contributed by atoms with E-state index in [0.29, 0.717) is 0 Å². The van der Waals surface area contributed by atoms with E-state index >= 15 is 0 Å². The highest BCUT2D eigenvalue weighted by Crippen LogP contribution is 2.54. The average Bonchev–Trinajstić information content (AvgIpc) is 3.27. The van der Waals surface area contributed by atoms with Crippen LogP contribution >= 0.6 is 0 Å². The summed E-state index contributed by atoms with van der Waals surface area (Å²) >= 11 is 0. The van der Waals surface area contributed by atoms with E-state index in [0.717, 1.165) is 6.42 Å². The lowest BCUT2D eigenvalue weighted by Gasteiger charge is -2.38. The van der Waals surface area contributed by atoms with Crippen LogP contribution in [-0.4, -0.2) is 6.04 Å². The SMILES string of the molecule is CC1(C)c2c(-c3ccc(N(c4ccc(-c5ccccc5)cc4)C4C=CC(c5ccccc5)=CC4)cc3)cccc2-c2c(-c3ccccc3)ccc3cccc1c23. The maximum Gasteiger partial charge on any atom is 0.0560 e. The molecule has 0 amide bonds. The Labute approximate surface area is 330 Å². The fourth-order valence-electron chi connectivity index (χ4n) is 9.27. The number of nitrogens with zero attached hydrogens (tertiary/aromatic N) is 1. The molecule has 1 heteroatoms. The second kappa shape index (κ2) is 13.9. The Bertz CT molecular complexity index is 2760. The number of rotatable bonds is 7. The summed E-state index contributed by atoms with van der Waals surface area (Å²) in [5.41, 5.74) is 17.6. The van der Waals surface area contributed by atoms with Gasteiger partial charge in [0.2, 0.25) is 0 Å². The highest BCUT2D eigenvalue weighted by atomic mass is 15.2. The summed E-state index contributed by atoms with van der Waals surface area (Å²) in [6.07, 6.45) is 7.97. The number of anilines is 2. The second-order valence-corrected chi connectivity index (χ2v) is 15.6. The predicted molar refractivity (Wildman–Crippen MR) is 238 cm³/mol. The standard InChI is InChI=1S/C55H43N/c1-55(2)51-23-12-20-44-30-37-48(42-18-10-5-11-19-42)53(52(44)51)50-22-13-21-49(54(50)55)43-28-35-47(36-29-43)56(45-31-24-40(25-32-45)38-14-6-3-7-15-38)46-33-26-41(27-34-46)39-16-8-4-9-17-39/h3-33,35-37,46H,34H2,1-2H3. The topological polar surface area (TPSA) is 3.24 Å². The van der Waals surface area contributed by atoms with E-state index in [2.05, 4.69) is 225 Å². The van der Waals surface area contributed by atoms with Gasteiger partial charge in [0.1, 0.15) is 0 Å². The van der Waals surface area contributed by atoms with Crippen molar-refractivity contribution in [3.05, 3.63) is 223 Å². The number of hydrogen-bond donors (Lipinski definition) is 0. The van der Waals surface area contributed by atoms with Gasteiger partial charge >= 0.3 is 0 Å². The molecule has 0 aliphatic heterocycles. The molecule has 1 atom stereocenters. The fraction of sp³-hybridized carbons (Fsp3) is 0.0909. The van der Waals surface area contributed by atoms with E-state index in [1.807, 2.05) is 0 Å². The molecule has 0 fully saturated rings. The average molecular weight is 718 g/mol. The molecule has 1 unspecified atom stereocenters. The second-order valence-electron chi connectivity index (χ2n) is 15.6. The molecule has 0 spiro atoms. The van der Waals surface area contributed by atoms with Crippen LogP contribution in [0.25, 0.3) is 60.9 Å². The van der Waals surface area contributed by atoms with Gasteiger partial charge in [-0.15, -0.1) is 0 Å². The van der Waals surface area contributed by atoms with Crippen molar-refractivity contribution in [2.24, 2.45) is 0 Å². The highest BCUT2D eigenvalue weighted by molar-refractivity contribution is 6.10. The summed E-state index contributed by atoms with van der Waals surface area (Å²) in [4.78, 5) is 2.50. The first-order valence-electron chi connectivity index (χ1n) is 19.8. The van der Waals surface area contributed by atoms with Gasteiger partial charge in [-0.3, -0.25) is 0 Å². The lowest BCUT2D eigenvalue weighted by molar-refractivity contribution is 0.647. The molecule has 0 bridgehead atoms. The zero-order chi connectivity index (χ0) is 37.6. The number of allylic oxidation sites excluding steroid dienone is 2. The lowest BCUT2D eigenvalue weighted by atomic mass is 9.65. The third kappa shape index (κ3) is 5.79. The van der Waals surface area contributed by atoms with Crippen molar-refractivity contribution in [1.29, 1.82) is 0 Å². The summed E-state index contributed by atoms with van der Waals surface area (Å²) in [5.74, 6) is 0. The molecule has 56 heavy (non-hydrogen) atoms. The molecule has 2 aliphatic rings. The summed E-state index contributed by atoms with van der Waals surface area (Å²) in [5, 5.41) is 2.67. The first-order valence-corrected chi connectivity index (χ1v) is 19.8. The van der Waals surface area contributed by atoms with Crippen LogP contribution in [-0.2, 0) is 5.41 Å². The van der Waals surface area contributed by atoms with Gasteiger partial charge in [-0.25, -0.2) is 0 Å². The smallest absolute Gasteiger partial charge is 0.0560 e. The van der Waals surface area contributed by atoms with E-state index in [4.69, 9.17) is 0 Å². The van der Waals surface area contributed by atoms with Crippen LogP contribution in [0.1, 0.15) is 37.0 Å². The molecular weight excluding hydrogens is 675 g/mol. The van der Waals surface area contributed by atoms with E-state index in [1.54, 1.807) is 0 Å². The molecule has 10 rings (SSSR count). The maximum atomic E-state index is 2.50.